The van der Waals surface area contributed by atoms with Crippen molar-refractivity contribution in [2.24, 2.45) is 5.10 Å². The minimum Gasteiger partial charge on any atom is -0.453 e. The first kappa shape index (κ1) is 19.5. The van der Waals surface area contributed by atoms with Gasteiger partial charge in [0.05, 0.1) is 5.69 Å². The highest BCUT2D eigenvalue weighted by Crippen LogP contribution is 2.20. The summed E-state index contributed by atoms with van der Waals surface area (Å²) in [6.07, 6.45) is 0.353. The van der Waals surface area contributed by atoms with Crippen molar-refractivity contribution in [3.8, 4) is 0 Å². The van der Waals surface area contributed by atoms with Gasteiger partial charge in [-0.3, -0.25) is 9.59 Å². The molecule has 1 aliphatic heterocycles. The summed E-state index contributed by atoms with van der Waals surface area (Å²) in [5.74, 6) is -0.776. The molecule has 2 aromatic carbocycles. The Morgan fingerprint density at radius 2 is 1.71 bits per heavy atom. The number of hydrazone groups is 1. The van der Waals surface area contributed by atoms with Crippen LogP contribution in [0.15, 0.2) is 59.7 Å². The minimum absolute atomic E-state index is 0.131. The fraction of sp³-hybridized carbons (Fsp3) is 0.273. The molecular formula is C22H22N2O4. The molecule has 0 aliphatic carbocycles. The van der Waals surface area contributed by atoms with Gasteiger partial charge in [0.2, 0.25) is 5.91 Å². The fourth-order valence-corrected chi connectivity index (χ4v) is 2.82. The Balaban J connectivity index is 1.64. The molecule has 0 N–H and O–H groups in total. The van der Waals surface area contributed by atoms with Crippen LogP contribution in [0.25, 0.3) is 0 Å². The number of Topliss-reactive ketones (excluding diaryl/α,β-unsaturated/α-hetero) is 1. The molecule has 6 heteroatoms. The van der Waals surface area contributed by atoms with Crippen LogP contribution in [0, 0.1) is 0 Å². The molecule has 0 atom stereocenters. The average molecular weight is 378 g/mol. The molecule has 28 heavy (non-hydrogen) atoms. The van der Waals surface area contributed by atoms with Crippen LogP contribution in [0.5, 0.6) is 0 Å². The first-order valence-electron chi connectivity index (χ1n) is 9.21. The van der Waals surface area contributed by atoms with E-state index in [0.717, 1.165) is 5.56 Å². The van der Waals surface area contributed by atoms with Gasteiger partial charge in [0, 0.05) is 18.4 Å². The van der Waals surface area contributed by atoms with Crippen LogP contribution in [0.1, 0.15) is 48.5 Å². The maximum atomic E-state index is 12.3. The molecule has 0 bridgehead atoms. The maximum Gasteiger partial charge on any atom is 0.354 e. The largest absolute Gasteiger partial charge is 0.453 e. The van der Waals surface area contributed by atoms with Crippen LogP contribution in [0.2, 0.25) is 0 Å². The Morgan fingerprint density at radius 1 is 1.04 bits per heavy atom. The summed E-state index contributed by atoms with van der Waals surface area (Å²) in [4.78, 5) is 36.7. The van der Waals surface area contributed by atoms with Gasteiger partial charge in [-0.2, -0.15) is 5.10 Å². The van der Waals surface area contributed by atoms with E-state index in [1.165, 1.54) is 5.01 Å². The quantitative estimate of drug-likeness (QED) is 0.567. The molecular weight excluding hydrogens is 356 g/mol. The van der Waals surface area contributed by atoms with Crippen molar-refractivity contribution in [1.29, 1.82) is 0 Å². The zero-order valence-corrected chi connectivity index (χ0v) is 15.9. The number of hydrogen-bond acceptors (Lipinski definition) is 5. The standard InChI is InChI=1S/C22H22N2O4/c1-15(2)16-8-10-17(11-9-16)20(25)14-28-22(27)19-12-13-21(26)24(23-19)18-6-4-3-5-7-18/h3-11,15H,12-14H2,1-2H3. The maximum absolute atomic E-state index is 12.3. The van der Waals surface area contributed by atoms with Crippen LogP contribution in [0.4, 0.5) is 5.69 Å². The Morgan fingerprint density at radius 3 is 2.36 bits per heavy atom. The Labute approximate surface area is 163 Å². The number of carbonyl (C=O) groups is 3. The molecule has 2 aromatic rings. The number of ether oxygens (including phenoxy) is 1. The van der Waals surface area contributed by atoms with E-state index in [9.17, 15) is 14.4 Å². The Kier molecular flexibility index (Phi) is 5.99. The summed E-state index contributed by atoms with van der Waals surface area (Å²) in [6, 6.07) is 16.1. The predicted molar refractivity (Wildman–Crippen MR) is 106 cm³/mol. The second-order valence-corrected chi connectivity index (χ2v) is 6.86. The molecule has 1 aliphatic rings. The van der Waals surface area contributed by atoms with E-state index in [2.05, 4.69) is 18.9 Å². The topological polar surface area (TPSA) is 76.0 Å². The number of para-hydroxylation sites is 1. The minimum atomic E-state index is -0.680. The highest BCUT2D eigenvalue weighted by molar-refractivity contribution is 6.38. The van der Waals surface area contributed by atoms with Crippen molar-refractivity contribution >= 4 is 29.1 Å². The lowest BCUT2D eigenvalue weighted by atomic mass is 10.0. The van der Waals surface area contributed by atoms with E-state index in [-0.39, 0.29) is 36.9 Å². The lowest BCUT2D eigenvalue weighted by molar-refractivity contribution is -0.134. The lowest BCUT2D eigenvalue weighted by Gasteiger charge is -2.22. The number of rotatable bonds is 6. The van der Waals surface area contributed by atoms with Crippen molar-refractivity contribution in [3.05, 3.63) is 65.7 Å². The monoisotopic (exact) mass is 378 g/mol. The molecule has 6 nitrogen and oxygen atoms in total. The SMILES string of the molecule is CC(C)c1ccc(C(=O)COC(=O)C2=NN(c3ccccc3)C(=O)CC2)cc1. The number of esters is 1. The third-order valence-electron chi connectivity index (χ3n) is 4.50. The third kappa shape index (κ3) is 4.52. The smallest absolute Gasteiger partial charge is 0.354 e. The second kappa shape index (κ2) is 8.61. The Bertz CT molecular complexity index is 902. The molecule has 1 amide bonds. The first-order valence-corrected chi connectivity index (χ1v) is 9.21. The molecule has 0 unspecified atom stereocenters. The highest BCUT2D eigenvalue weighted by Gasteiger charge is 2.26. The fourth-order valence-electron chi connectivity index (χ4n) is 2.82. The summed E-state index contributed by atoms with van der Waals surface area (Å²) < 4.78 is 5.14. The summed E-state index contributed by atoms with van der Waals surface area (Å²) >= 11 is 0. The number of benzene rings is 2. The molecule has 144 valence electrons. The van der Waals surface area contributed by atoms with Crippen LogP contribution < -0.4 is 5.01 Å². The van der Waals surface area contributed by atoms with Gasteiger partial charge in [0.25, 0.3) is 0 Å². The second-order valence-electron chi connectivity index (χ2n) is 6.86. The van der Waals surface area contributed by atoms with Gasteiger partial charge in [-0.25, -0.2) is 9.80 Å². The normalized spacial score (nSPS) is 14.0. The van der Waals surface area contributed by atoms with E-state index < -0.39 is 5.97 Å². The molecule has 0 fully saturated rings. The molecule has 0 saturated carbocycles. The van der Waals surface area contributed by atoms with Gasteiger partial charge in [0.1, 0.15) is 5.71 Å². The van der Waals surface area contributed by atoms with Crippen molar-refractivity contribution in [2.45, 2.75) is 32.6 Å². The van der Waals surface area contributed by atoms with Gasteiger partial charge in [-0.15, -0.1) is 0 Å². The van der Waals surface area contributed by atoms with E-state index in [4.69, 9.17) is 4.74 Å². The molecule has 0 saturated heterocycles. The van der Waals surface area contributed by atoms with Crippen LogP contribution >= 0.6 is 0 Å². The van der Waals surface area contributed by atoms with Gasteiger partial charge >= 0.3 is 5.97 Å². The van der Waals surface area contributed by atoms with Crippen molar-refractivity contribution < 1.29 is 19.1 Å². The van der Waals surface area contributed by atoms with E-state index in [0.29, 0.717) is 17.2 Å². The molecule has 0 aromatic heterocycles. The molecule has 0 spiro atoms. The number of hydrogen-bond donors (Lipinski definition) is 0. The summed E-state index contributed by atoms with van der Waals surface area (Å²) in [5.41, 5.74) is 2.34. The molecule has 0 radical (unpaired) electrons. The lowest BCUT2D eigenvalue weighted by Crippen LogP contribution is -2.35. The summed E-state index contributed by atoms with van der Waals surface area (Å²) in [5, 5.41) is 5.33. The van der Waals surface area contributed by atoms with Crippen molar-refractivity contribution in [1.82, 2.24) is 0 Å². The number of nitrogens with zero attached hydrogens (tertiary/aromatic N) is 2. The average Bonchev–Trinajstić information content (AvgIpc) is 2.72. The molecule has 1 heterocycles. The van der Waals surface area contributed by atoms with Crippen LogP contribution in [-0.2, 0) is 14.3 Å². The van der Waals surface area contributed by atoms with Gasteiger partial charge in [-0.05, 0) is 23.6 Å². The van der Waals surface area contributed by atoms with Gasteiger partial charge in [0.15, 0.2) is 12.4 Å². The molecule has 3 rings (SSSR count). The number of carbonyl (C=O) groups excluding carboxylic acids is 3. The number of ketones is 1. The highest BCUT2D eigenvalue weighted by atomic mass is 16.5. The van der Waals surface area contributed by atoms with Crippen molar-refractivity contribution in [2.75, 3.05) is 11.6 Å². The van der Waals surface area contributed by atoms with Gasteiger partial charge < -0.3 is 4.74 Å². The zero-order chi connectivity index (χ0) is 20.1. The third-order valence-corrected chi connectivity index (χ3v) is 4.50. The van der Waals surface area contributed by atoms with E-state index in [1.807, 2.05) is 18.2 Å². The summed E-state index contributed by atoms with van der Waals surface area (Å²) in [6.45, 7) is 3.79. The Hall–Kier alpha value is -3.28. The van der Waals surface area contributed by atoms with Crippen LogP contribution in [0.3, 0.4) is 0 Å². The van der Waals surface area contributed by atoms with E-state index in [1.54, 1.807) is 36.4 Å². The number of amides is 1. The first-order chi connectivity index (χ1) is 13.5. The zero-order valence-electron chi connectivity index (χ0n) is 15.9. The number of anilines is 1. The van der Waals surface area contributed by atoms with E-state index >= 15 is 0 Å². The van der Waals surface area contributed by atoms with Gasteiger partial charge in [-0.1, -0.05) is 56.3 Å². The summed E-state index contributed by atoms with van der Waals surface area (Å²) in [7, 11) is 0. The van der Waals surface area contributed by atoms with Crippen molar-refractivity contribution in [3.63, 3.8) is 0 Å². The predicted octanol–water partition coefficient (Wildman–Crippen LogP) is 3.72. The van der Waals surface area contributed by atoms with Crippen LogP contribution in [-0.4, -0.2) is 30.0 Å².